The van der Waals surface area contributed by atoms with Crippen molar-refractivity contribution in [1.29, 1.82) is 0 Å². The van der Waals surface area contributed by atoms with Gasteiger partial charge < -0.3 is 25.6 Å². The first-order valence-electron chi connectivity index (χ1n) is 9.18. The van der Waals surface area contributed by atoms with Crippen molar-refractivity contribution in [2.75, 3.05) is 0 Å². The zero-order valence-electron chi connectivity index (χ0n) is 17.0. The van der Waals surface area contributed by atoms with Crippen LogP contribution in [-0.2, 0) is 20.7 Å². The number of phenols is 1. The zero-order chi connectivity index (χ0) is 21.5. The Kier molecular flexibility index (Phi) is 8.28. The molecule has 0 saturated heterocycles. The number of carboxylic acids is 1. The molecule has 156 valence electrons. The zero-order valence-corrected chi connectivity index (χ0v) is 17.0. The number of amides is 2. The second kappa shape index (κ2) is 9.96. The van der Waals surface area contributed by atoms with Crippen molar-refractivity contribution in [2.24, 2.45) is 5.92 Å². The van der Waals surface area contributed by atoms with E-state index in [1.165, 1.54) is 12.1 Å². The number of hydrogen-bond donors (Lipinski definition) is 4. The number of rotatable bonds is 8. The van der Waals surface area contributed by atoms with Gasteiger partial charge in [-0.3, -0.25) is 4.79 Å². The van der Waals surface area contributed by atoms with Gasteiger partial charge in [-0.05, 0) is 50.8 Å². The second-order valence-electron chi connectivity index (χ2n) is 8.10. The summed E-state index contributed by atoms with van der Waals surface area (Å²) in [7, 11) is 0. The fraction of sp³-hybridized carbons (Fsp3) is 0.550. The highest BCUT2D eigenvalue weighted by Gasteiger charge is 2.28. The Morgan fingerprint density at radius 3 is 2.07 bits per heavy atom. The van der Waals surface area contributed by atoms with E-state index >= 15 is 0 Å². The van der Waals surface area contributed by atoms with Gasteiger partial charge in [0.15, 0.2) is 0 Å². The summed E-state index contributed by atoms with van der Waals surface area (Å²) in [6.45, 7) is 8.91. The first-order chi connectivity index (χ1) is 12.9. The second-order valence-corrected chi connectivity index (χ2v) is 8.10. The maximum Gasteiger partial charge on any atom is 0.408 e. The Hall–Kier alpha value is -2.77. The van der Waals surface area contributed by atoms with Crippen molar-refractivity contribution in [2.45, 2.75) is 65.1 Å². The van der Waals surface area contributed by atoms with Gasteiger partial charge in [0.2, 0.25) is 5.91 Å². The fourth-order valence-corrected chi connectivity index (χ4v) is 2.49. The van der Waals surface area contributed by atoms with Gasteiger partial charge in [0.1, 0.15) is 23.4 Å². The normalized spacial score (nSPS) is 13.5. The molecule has 0 heterocycles. The van der Waals surface area contributed by atoms with Crippen LogP contribution in [0.3, 0.4) is 0 Å². The molecule has 2 amide bonds. The molecule has 0 bridgehead atoms. The summed E-state index contributed by atoms with van der Waals surface area (Å²) in [6.07, 6.45) is -0.363. The third kappa shape index (κ3) is 8.75. The fourth-order valence-electron chi connectivity index (χ4n) is 2.49. The van der Waals surface area contributed by atoms with Gasteiger partial charge in [-0.2, -0.15) is 0 Å². The molecule has 0 aliphatic rings. The molecule has 4 N–H and O–H groups in total. The van der Waals surface area contributed by atoms with Crippen molar-refractivity contribution in [3.8, 4) is 5.75 Å². The topological polar surface area (TPSA) is 125 Å². The van der Waals surface area contributed by atoms with Gasteiger partial charge in [-0.25, -0.2) is 9.59 Å². The highest BCUT2D eigenvalue weighted by atomic mass is 16.6. The number of aliphatic carboxylic acids is 1. The predicted molar refractivity (Wildman–Crippen MR) is 104 cm³/mol. The van der Waals surface area contributed by atoms with Crippen LogP contribution in [-0.4, -0.2) is 45.9 Å². The van der Waals surface area contributed by atoms with Crippen molar-refractivity contribution < 1.29 is 29.3 Å². The minimum absolute atomic E-state index is 0.0438. The van der Waals surface area contributed by atoms with Crippen LogP contribution in [0.5, 0.6) is 5.75 Å². The minimum Gasteiger partial charge on any atom is -0.508 e. The molecule has 0 saturated carbocycles. The van der Waals surface area contributed by atoms with Crippen LogP contribution in [0.15, 0.2) is 24.3 Å². The van der Waals surface area contributed by atoms with Crippen LogP contribution < -0.4 is 10.6 Å². The number of hydrogen-bond acceptors (Lipinski definition) is 5. The number of carbonyl (C=O) groups is 3. The molecule has 1 aromatic carbocycles. The van der Waals surface area contributed by atoms with Gasteiger partial charge in [-0.15, -0.1) is 0 Å². The highest BCUT2D eigenvalue weighted by Crippen LogP contribution is 2.13. The third-order valence-electron chi connectivity index (χ3n) is 3.71. The van der Waals surface area contributed by atoms with E-state index in [4.69, 9.17) is 4.74 Å². The van der Waals surface area contributed by atoms with Crippen LogP contribution >= 0.6 is 0 Å². The van der Waals surface area contributed by atoms with Crippen LogP contribution in [0.2, 0.25) is 0 Å². The molecule has 2 atom stereocenters. The smallest absolute Gasteiger partial charge is 0.408 e. The van der Waals surface area contributed by atoms with Crippen molar-refractivity contribution in [3.63, 3.8) is 0 Å². The van der Waals surface area contributed by atoms with E-state index in [9.17, 15) is 24.6 Å². The molecule has 0 radical (unpaired) electrons. The molecular formula is C20H30N2O6. The molecule has 0 aliphatic carbocycles. The number of benzene rings is 1. The maximum absolute atomic E-state index is 12.7. The van der Waals surface area contributed by atoms with Crippen LogP contribution in [0.1, 0.15) is 46.6 Å². The largest absolute Gasteiger partial charge is 0.508 e. The summed E-state index contributed by atoms with van der Waals surface area (Å²) in [4.78, 5) is 36.3. The van der Waals surface area contributed by atoms with Gasteiger partial charge in [0, 0.05) is 6.42 Å². The summed E-state index contributed by atoms with van der Waals surface area (Å²) in [5.41, 5.74) is -0.0724. The van der Waals surface area contributed by atoms with E-state index in [0.29, 0.717) is 12.0 Å². The lowest BCUT2D eigenvalue weighted by Crippen LogP contribution is -2.53. The summed E-state index contributed by atoms with van der Waals surface area (Å²) in [5.74, 6) is -1.63. The number of aromatic hydroxyl groups is 1. The molecule has 28 heavy (non-hydrogen) atoms. The third-order valence-corrected chi connectivity index (χ3v) is 3.71. The number of ether oxygens (including phenoxy) is 1. The van der Waals surface area contributed by atoms with Crippen molar-refractivity contribution in [1.82, 2.24) is 10.6 Å². The predicted octanol–water partition coefficient (Wildman–Crippen LogP) is 2.44. The molecular weight excluding hydrogens is 364 g/mol. The number of carbonyl (C=O) groups excluding carboxylic acids is 2. The van der Waals surface area contributed by atoms with E-state index < -0.39 is 35.7 Å². The number of phenolic OH excluding ortho intramolecular Hbond substituents is 1. The average Bonchev–Trinajstić information content (AvgIpc) is 2.53. The summed E-state index contributed by atoms with van der Waals surface area (Å²) in [6, 6.07) is 3.97. The molecule has 0 fully saturated rings. The minimum atomic E-state index is -1.19. The molecule has 0 aliphatic heterocycles. The van der Waals surface area contributed by atoms with E-state index in [2.05, 4.69) is 10.6 Å². The van der Waals surface area contributed by atoms with E-state index in [0.717, 1.165) is 0 Å². The van der Waals surface area contributed by atoms with E-state index in [-0.39, 0.29) is 18.1 Å². The molecule has 8 heteroatoms. The number of alkyl carbamates (subject to hydrolysis) is 1. The SMILES string of the molecule is CC(C)CC(NC(=O)OC(C)(C)C)C(=O)NC(Cc1ccc(O)cc1)C(=O)O. The van der Waals surface area contributed by atoms with Gasteiger partial charge >= 0.3 is 12.1 Å². The number of nitrogens with one attached hydrogen (secondary N) is 2. The molecule has 8 nitrogen and oxygen atoms in total. The van der Waals surface area contributed by atoms with Crippen molar-refractivity contribution in [3.05, 3.63) is 29.8 Å². The first kappa shape index (κ1) is 23.3. The van der Waals surface area contributed by atoms with E-state index in [1.54, 1.807) is 32.9 Å². The molecule has 2 unspecified atom stereocenters. The Morgan fingerprint density at radius 1 is 1.04 bits per heavy atom. The summed E-state index contributed by atoms with van der Waals surface area (Å²) in [5, 5.41) is 23.8. The first-order valence-corrected chi connectivity index (χ1v) is 9.18. The van der Waals surface area contributed by atoms with Gasteiger partial charge in [-0.1, -0.05) is 26.0 Å². The lowest BCUT2D eigenvalue weighted by Gasteiger charge is -2.25. The van der Waals surface area contributed by atoms with Gasteiger partial charge in [0.25, 0.3) is 0 Å². The standard InChI is InChI=1S/C20H30N2O6/c1-12(2)10-15(22-19(27)28-20(3,4)5)17(24)21-16(18(25)26)11-13-6-8-14(23)9-7-13/h6-9,12,15-16,23H,10-11H2,1-5H3,(H,21,24)(H,22,27)(H,25,26). The summed E-state index contributed by atoms with van der Waals surface area (Å²) >= 11 is 0. The highest BCUT2D eigenvalue weighted by molar-refractivity contribution is 5.89. The Morgan fingerprint density at radius 2 is 1.61 bits per heavy atom. The Bertz CT molecular complexity index is 679. The quantitative estimate of drug-likeness (QED) is 0.537. The van der Waals surface area contributed by atoms with Crippen LogP contribution in [0.4, 0.5) is 4.79 Å². The number of carboxylic acid groups (broad SMARTS) is 1. The Balaban J connectivity index is 2.85. The maximum atomic E-state index is 12.7. The molecule has 0 aromatic heterocycles. The summed E-state index contributed by atoms with van der Waals surface area (Å²) < 4.78 is 5.19. The lowest BCUT2D eigenvalue weighted by molar-refractivity contribution is -0.142. The van der Waals surface area contributed by atoms with Gasteiger partial charge in [0.05, 0.1) is 0 Å². The van der Waals surface area contributed by atoms with E-state index in [1.807, 2.05) is 13.8 Å². The molecule has 1 rings (SSSR count). The van der Waals surface area contributed by atoms with Crippen LogP contribution in [0.25, 0.3) is 0 Å². The molecule has 0 spiro atoms. The average molecular weight is 394 g/mol. The molecule has 1 aromatic rings. The monoisotopic (exact) mass is 394 g/mol. The Labute approximate surface area is 165 Å². The van der Waals surface area contributed by atoms with Crippen molar-refractivity contribution >= 4 is 18.0 Å². The lowest BCUT2D eigenvalue weighted by atomic mass is 10.0. The van der Waals surface area contributed by atoms with Crippen LogP contribution in [0, 0.1) is 5.92 Å².